The molecule has 2 aliphatic rings. The van der Waals surface area contributed by atoms with Crippen molar-refractivity contribution in [1.82, 2.24) is 15.2 Å². The summed E-state index contributed by atoms with van der Waals surface area (Å²) >= 11 is 0. The number of carbonyl (C=O) groups is 2. The Morgan fingerprint density at radius 3 is 2.69 bits per heavy atom. The van der Waals surface area contributed by atoms with Crippen molar-refractivity contribution < 1.29 is 23.8 Å². The van der Waals surface area contributed by atoms with E-state index in [9.17, 15) is 19.1 Å². The van der Waals surface area contributed by atoms with E-state index < -0.39 is 12.0 Å². The van der Waals surface area contributed by atoms with E-state index in [-0.39, 0.29) is 23.6 Å². The number of halogens is 1. The largest absolute Gasteiger partial charge is 0.480 e. The predicted molar refractivity (Wildman–Crippen MR) is 148 cm³/mol. The van der Waals surface area contributed by atoms with E-state index in [1.807, 2.05) is 0 Å². The molecule has 39 heavy (non-hydrogen) atoms. The number of carboxylic acids is 1. The standard InChI is InChI=1S/C30H41FN4O4/c1-39-20-19-35(18-13-26(29(37)38)34-27(36)11-6-22-4-8-24(31)9-5-22)21-30(15-16-30)14-12-25-10-7-23-3-2-17-32-28(23)33-25/h4-5,7-10,26H,2-3,6,11-21H2,1H3,(H,32,33)(H,34,36)(H,37,38)/t26-/m0/s1. The molecule has 9 heteroatoms. The Balaban J connectivity index is 1.27. The van der Waals surface area contributed by atoms with Crippen LogP contribution < -0.4 is 10.6 Å². The number of anilines is 1. The Bertz CT molecular complexity index is 1110. The van der Waals surface area contributed by atoms with Crippen LogP contribution >= 0.6 is 0 Å². The molecule has 1 aromatic carbocycles. The number of rotatable bonds is 16. The van der Waals surface area contributed by atoms with E-state index in [4.69, 9.17) is 9.72 Å². The van der Waals surface area contributed by atoms with E-state index in [0.717, 1.165) is 68.7 Å². The first kappa shape index (κ1) is 29.0. The number of methoxy groups -OCH3 is 1. The van der Waals surface area contributed by atoms with Crippen LogP contribution in [0.5, 0.6) is 0 Å². The first-order valence-corrected chi connectivity index (χ1v) is 14.1. The smallest absolute Gasteiger partial charge is 0.326 e. The van der Waals surface area contributed by atoms with Crippen LogP contribution in [0.15, 0.2) is 36.4 Å². The minimum Gasteiger partial charge on any atom is -0.480 e. The molecule has 212 valence electrons. The zero-order valence-electron chi connectivity index (χ0n) is 22.9. The molecular weight excluding hydrogens is 499 g/mol. The zero-order chi connectivity index (χ0) is 27.7. The third-order valence-corrected chi connectivity index (χ3v) is 7.91. The van der Waals surface area contributed by atoms with Crippen molar-refractivity contribution in [3.63, 3.8) is 0 Å². The molecule has 0 unspecified atom stereocenters. The third-order valence-electron chi connectivity index (χ3n) is 7.91. The molecule has 1 fully saturated rings. The van der Waals surface area contributed by atoms with E-state index >= 15 is 0 Å². The summed E-state index contributed by atoms with van der Waals surface area (Å²) in [5, 5.41) is 15.8. The number of nitrogens with zero attached hydrogens (tertiary/aromatic N) is 2. The lowest BCUT2D eigenvalue weighted by molar-refractivity contribution is -0.142. The van der Waals surface area contributed by atoms with E-state index in [2.05, 4.69) is 27.7 Å². The van der Waals surface area contributed by atoms with Gasteiger partial charge in [-0.25, -0.2) is 14.2 Å². The molecule has 0 saturated heterocycles. The van der Waals surface area contributed by atoms with Gasteiger partial charge in [0.15, 0.2) is 0 Å². The summed E-state index contributed by atoms with van der Waals surface area (Å²) in [4.78, 5) is 31.5. The fourth-order valence-corrected chi connectivity index (χ4v) is 5.27. The summed E-state index contributed by atoms with van der Waals surface area (Å²) in [6, 6.07) is 9.38. The van der Waals surface area contributed by atoms with Gasteiger partial charge in [-0.3, -0.25) is 4.79 Å². The summed E-state index contributed by atoms with van der Waals surface area (Å²) in [7, 11) is 1.67. The maximum atomic E-state index is 13.1. The number of carbonyl (C=O) groups excluding carboxylic acids is 1. The van der Waals surface area contributed by atoms with Crippen LogP contribution in [-0.4, -0.2) is 72.8 Å². The second kappa shape index (κ2) is 13.8. The lowest BCUT2D eigenvalue weighted by Crippen LogP contribution is -2.44. The van der Waals surface area contributed by atoms with Gasteiger partial charge in [0.05, 0.1) is 6.61 Å². The number of carboxylic acid groups (broad SMARTS) is 1. The van der Waals surface area contributed by atoms with Crippen LogP contribution in [0, 0.1) is 11.2 Å². The molecule has 8 nitrogen and oxygen atoms in total. The maximum Gasteiger partial charge on any atom is 0.326 e. The number of nitrogens with one attached hydrogen (secondary N) is 2. The molecule has 0 spiro atoms. The predicted octanol–water partition coefficient (Wildman–Crippen LogP) is 3.83. The molecule has 4 rings (SSSR count). The van der Waals surface area contributed by atoms with Crippen LogP contribution in [0.3, 0.4) is 0 Å². The van der Waals surface area contributed by atoms with Crippen molar-refractivity contribution in [3.05, 3.63) is 59.0 Å². The lowest BCUT2D eigenvalue weighted by Gasteiger charge is -2.28. The normalized spacial score (nSPS) is 16.3. The van der Waals surface area contributed by atoms with Crippen LogP contribution in [0.2, 0.25) is 0 Å². The first-order chi connectivity index (χ1) is 18.9. The zero-order valence-corrected chi connectivity index (χ0v) is 22.9. The van der Waals surface area contributed by atoms with Gasteiger partial charge in [0.1, 0.15) is 17.7 Å². The van der Waals surface area contributed by atoms with Crippen molar-refractivity contribution >= 4 is 17.7 Å². The van der Waals surface area contributed by atoms with Gasteiger partial charge in [0, 0.05) is 45.4 Å². The minimum atomic E-state index is -1.04. The van der Waals surface area contributed by atoms with E-state index in [1.165, 1.54) is 17.7 Å². The Kier molecular flexibility index (Phi) is 10.3. The van der Waals surface area contributed by atoms with Gasteiger partial charge in [-0.1, -0.05) is 18.2 Å². The molecular formula is C30H41FN4O4. The summed E-state index contributed by atoms with van der Waals surface area (Å²) < 4.78 is 18.4. The van der Waals surface area contributed by atoms with Gasteiger partial charge in [-0.2, -0.15) is 0 Å². The summed E-state index contributed by atoms with van der Waals surface area (Å²) in [6.07, 6.45) is 7.41. The maximum absolute atomic E-state index is 13.1. The topological polar surface area (TPSA) is 104 Å². The highest BCUT2D eigenvalue weighted by atomic mass is 19.1. The lowest BCUT2D eigenvalue weighted by atomic mass is 9.97. The van der Waals surface area contributed by atoms with Gasteiger partial charge in [0.25, 0.3) is 0 Å². The number of benzene rings is 1. The summed E-state index contributed by atoms with van der Waals surface area (Å²) in [5.74, 6) is -0.650. The molecule has 1 amide bonds. The number of fused-ring (bicyclic) bond motifs is 1. The molecule has 2 aromatic rings. The van der Waals surface area contributed by atoms with Gasteiger partial charge in [0.2, 0.25) is 5.91 Å². The molecule has 0 radical (unpaired) electrons. The van der Waals surface area contributed by atoms with Crippen molar-refractivity contribution in [2.75, 3.05) is 45.2 Å². The molecule has 1 saturated carbocycles. The van der Waals surface area contributed by atoms with Gasteiger partial charge < -0.3 is 25.4 Å². The van der Waals surface area contributed by atoms with Crippen LogP contribution in [0.1, 0.15) is 55.3 Å². The van der Waals surface area contributed by atoms with Crippen LogP contribution in [0.25, 0.3) is 0 Å². The van der Waals surface area contributed by atoms with Gasteiger partial charge in [-0.15, -0.1) is 0 Å². The quantitative estimate of drug-likeness (QED) is 0.297. The number of hydrogen-bond acceptors (Lipinski definition) is 6. The van der Waals surface area contributed by atoms with Crippen molar-refractivity contribution in [1.29, 1.82) is 0 Å². The van der Waals surface area contributed by atoms with Crippen LogP contribution in [0.4, 0.5) is 10.2 Å². The highest BCUT2D eigenvalue weighted by molar-refractivity contribution is 5.83. The van der Waals surface area contributed by atoms with E-state index in [1.54, 1.807) is 19.2 Å². The molecule has 1 aliphatic carbocycles. The number of amides is 1. The summed E-state index contributed by atoms with van der Waals surface area (Å²) in [6.45, 7) is 3.69. The Morgan fingerprint density at radius 2 is 1.97 bits per heavy atom. The fourth-order valence-electron chi connectivity index (χ4n) is 5.27. The molecule has 1 aromatic heterocycles. The van der Waals surface area contributed by atoms with Gasteiger partial charge in [-0.05, 0) is 86.1 Å². The Hall–Kier alpha value is -3.04. The highest BCUT2D eigenvalue weighted by Crippen LogP contribution is 2.50. The number of aryl methyl sites for hydroxylation is 3. The molecule has 1 aliphatic heterocycles. The van der Waals surface area contributed by atoms with Gasteiger partial charge >= 0.3 is 5.97 Å². The van der Waals surface area contributed by atoms with Crippen molar-refractivity contribution in [2.24, 2.45) is 5.41 Å². The second-order valence-electron chi connectivity index (χ2n) is 11.0. The Labute approximate surface area is 230 Å². The van der Waals surface area contributed by atoms with Crippen molar-refractivity contribution in [3.8, 4) is 0 Å². The molecule has 3 N–H and O–H groups in total. The second-order valence-corrected chi connectivity index (χ2v) is 11.0. The first-order valence-electron chi connectivity index (χ1n) is 14.1. The number of ether oxygens (including phenoxy) is 1. The van der Waals surface area contributed by atoms with Crippen LogP contribution in [-0.2, 0) is 33.6 Å². The molecule has 0 bridgehead atoms. The number of aromatic nitrogens is 1. The summed E-state index contributed by atoms with van der Waals surface area (Å²) in [5.41, 5.74) is 3.47. The monoisotopic (exact) mass is 540 g/mol. The number of aliphatic carboxylic acids is 1. The SMILES string of the molecule is COCCN(CC[C@H](NC(=O)CCc1ccc(F)cc1)C(=O)O)CC1(CCc2ccc3c(n2)NCCC3)CC1. The fraction of sp³-hybridized carbons (Fsp3) is 0.567. The average molecular weight is 541 g/mol. The Morgan fingerprint density at radius 1 is 1.18 bits per heavy atom. The van der Waals surface area contributed by atoms with E-state index in [0.29, 0.717) is 32.5 Å². The highest BCUT2D eigenvalue weighted by Gasteiger charge is 2.43. The molecule has 2 heterocycles. The number of hydrogen-bond donors (Lipinski definition) is 3. The number of pyridine rings is 1. The molecule has 1 atom stereocenters. The average Bonchev–Trinajstić information content (AvgIpc) is 3.71. The van der Waals surface area contributed by atoms with Crippen molar-refractivity contribution in [2.45, 2.75) is 63.8 Å². The minimum absolute atomic E-state index is 0.151. The third kappa shape index (κ3) is 9.00.